The van der Waals surface area contributed by atoms with E-state index >= 15 is 0 Å². The van der Waals surface area contributed by atoms with Crippen molar-refractivity contribution in [3.05, 3.63) is 0 Å². The first-order chi connectivity index (χ1) is 6.24. The second-order valence-electron chi connectivity index (χ2n) is 3.79. The summed E-state index contributed by atoms with van der Waals surface area (Å²) < 4.78 is 0. The molecule has 0 fully saturated rings. The van der Waals surface area contributed by atoms with E-state index in [1.165, 1.54) is 12.8 Å². The average Bonchev–Trinajstić information content (AvgIpc) is 2.05. The van der Waals surface area contributed by atoms with Gasteiger partial charge in [0.2, 0.25) is 0 Å². The van der Waals surface area contributed by atoms with Gasteiger partial charge in [-0.1, -0.05) is 27.2 Å². The van der Waals surface area contributed by atoms with E-state index in [1.807, 2.05) is 0 Å². The SMILES string of the molecule is CCCC(C)CN(CC#N)CCC. The van der Waals surface area contributed by atoms with Crippen molar-refractivity contribution < 1.29 is 0 Å². The van der Waals surface area contributed by atoms with E-state index in [2.05, 4.69) is 31.7 Å². The van der Waals surface area contributed by atoms with Crippen LogP contribution >= 0.6 is 0 Å². The molecule has 1 unspecified atom stereocenters. The Morgan fingerprint density at radius 2 is 2.00 bits per heavy atom. The minimum atomic E-state index is 0.585. The molecular weight excluding hydrogens is 160 g/mol. The van der Waals surface area contributed by atoms with Gasteiger partial charge in [0.05, 0.1) is 12.6 Å². The topological polar surface area (TPSA) is 27.0 Å². The predicted octanol–water partition coefficient (Wildman–Crippen LogP) is 2.66. The van der Waals surface area contributed by atoms with Crippen LogP contribution in [0, 0.1) is 17.2 Å². The van der Waals surface area contributed by atoms with E-state index in [9.17, 15) is 0 Å². The molecule has 0 spiro atoms. The highest BCUT2D eigenvalue weighted by Gasteiger charge is 2.07. The fourth-order valence-corrected chi connectivity index (χ4v) is 1.68. The van der Waals surface area contributed by atoms with Gasteiger partial charge in [-0.05, 0) is 25.3 Å². The summed E-state index contributed by atoms with van der Waals surface area (Å²) in [6.45, 7) is 9.36. The second-order valence-corrected chi connectivity index (χ2v) is 3.79. The van der Waals surface area contributed by atoms with Gasteiger partial charge in [-0.2, -0.15) is 5.26 Å². The Kier molecular flexibility index (Phi) is 7.73. The third-order valence-electron chi connectivity index (χ3n) is 2.19. The van der Waals surface area contributed by atoms with E-state index in [0.29, 0.717) is 6.54 Å². The summed E-state index contributed by atoms with van der Waals surface area (Å²) in [5.41, 5.74) is 0. The summed E-state index contributed by atoms with van der Waals surface area (Å²) >= 11 is 0. The van der Waals surface area contributed by atoms with Crippen molar-refractivity contribution >= 4 is 0 Å². The Balaban J connectivity index is 3.73. The number of hydrogen-bond acceptors (Lipinski definition) is 2. The first kappa shape index (κ1) is 12.4. The monoisotopic (exact) mass is 182 g/mol. The summed E-state index contributed by atoms with van der Waals surface area (Å²) in [5, 5.41) is 8.61. The molecule has 2 nitrogen and oxygen atoms in total. The summed E-state index contributed by atoms with van der Waals surface area (Å²) in [6, 6.07) is 2.23. The maximum Gasteiger partial charge on any atom is 0.0866 e. The number of rotatable bonds is 7. The highest BCUT2D eigenvalue weighted by molar-refractivity contribution is 4.77. The molecule has 0 aromatic carbocycles. The molecule has 0 saturated heterocycles. The van der Waals surface area contributed by atoms with Crippen molar-refractivity contribution in [3.63, 3.8) is 0 Å². The standard InChI is InChI=1S/C11H22N2/c1-4-6-11(3)10-13(8-5-2)9-7-12/h11H,4-6,8-10H2,1-3H3. The molecule has 0 N–H and O–H groups in total. The molecule has 0 radical (unpaired) electrons. The van der Waals surface area contributed by atoms with Crippen LogP contribution in [-0.2, 0) is 0 Å². The molecule has 1 atom stereocenters. The number of hydrogen-bond donors (Lipinski definition) is 0. The smallest absolute Gasteiger partial charge is 0.0866 e. The van der Waals surface area contributed by atoms with Crippen LogP contribution in [0.3, 0.4) is 0 Å². The van der Waals surface area contributed by atoms with Gasteiger partial charge in [0.15, 0.2) is 0 Å². The lowest BCUT2D eigenvalue weighted by Gasteiger charge is -2.22. The lowest BCUT2D eigenvalue weighted by molar-refractivity contribution is 0.256. The summed E-state index contributed by atoms with van der Waals surface area (Å²) in [4.78, 5) is 2.25. The van der Waals surface area contributed by atoms with Crippen LogP contribution in [0.15, 0.2) is 0 Å². The predicted molar refractivity (Wildman–Crippen MR) is 56.4 cm³/mol. The molecule has 76 valence electrons. The molecule has 0 rings (SSSR count). The summed E-state index contributed by atoms with van der Waals surface area (Å²) in [7, 11) is 0. The minimum absolute atomic E-state index is 0.585. The summed E-state index contributed by atoms with van der Waals surface area (Å²) in [5.74, 6) is 0.727. The molecule has 0 aromatic rings. The van der Waals surface area contributed by atoms with Gasteiger partial charge in [0, 0.05) is 6.54 Å². The Morgan fingerprint density at radius 3 is 2.46 bits per heavy atom. The van der Waals surface area contributed by atoms with Crippen molar-refractivity contribution in [3.8, 4) is 6.07 Å². The highest BCUT2D eigenvalue weighted by atomic mass is 15.1. The number of nitriles is 1. The van der Waals surface area contributed by atoms with Gasteiger partial charge in [-0.25, -0.2) is 0 Å². The first-order valence-corrected chi connectivity index (χ1v) is 5.33. The van der Waals surface area contributed by atoms with E-state index in [4.69, 9.17) is 5.26 Å². The zero-order valence-electron chi connectivity index (χ0n) is 9.21. The zero-order chi connectivity index (χ0) is 10.1. The molecule has 0 bridgehead atoms. The Hall–Kier alpha value is -0.550. The van der Waals surface area contributed by atoms with E-state index in [1.54, 1.807) is 0 Å². The zero-order valence-corrected chi connectivity index (χ0v) is 9.21. The van der Waals surface area contributed by atoms with Gasteiger partial charge in [-0.15, -0.1) is 0 Å². The van der Waals surface area contributed by atoms with E-state index < -0.39 is 0 Å². The van der Waals surface area contributed by atoms with Gasteiger partial charge >= 0.3 is 0 Å². The lowest BCUT2D eigenvalue weighted by atomic mass is 10.1. The normalized spacial score (nSPS) is 12.8. The van der Waals surface area contributed by atoms with E-state index in [-0.39, 0.29) is 0 Å². The van der Waals surface area contributed by atoms with Crippen molar-refractivity contribution in [2.75, 3.05) is 19.6 Å². The fraction of sp³-hybridized carbons (Fsp3) is 0.909. The van der Waals surface area contributed by atoms with Crippen molar-refractivity contribution in [1.82, 2.24) is 4.90 Å². The van der Waals surface area contributed by atoms with Crippen LogP contribution in [-0.4, -0.2) is 24.5 Å². The van der Waals surface area contributed by atoms with Gasteiger partial charge < -0.3 is 0 Å². The molecule has 13 heavy (non-hydrogen) atoms. The van der Waals surface area contributed by atoms with Crippen molar-refractivity contribution in [1.29, 1.82) is 5.26 Å². The maximum absolute atomic E-state index is 8.61. The third-order valence-corrected chi connectivity index (χ3v) is 2.19. The van der Waals surface area contributed by atoms with Crippen LogP contribution in [0.4, 0.5) is 0 Å². The van der Waals surface area contributed by atoms with Crippen LogP contribution in [0.5, 0.6) is 0 Å². The third kappa shape index (κ3) is 6.60. The average molecular weight is 182 g/mol. The van der Waals surface area contributed by atoms with Crippen LogP contribution < -0.4 is 0 Å². The Bertz CT molecular complexity index is 149. The molecule has 2 heteroatoms. The molecule has 0 aromatic heterocycles. The molecular formula is C11H22N2. The molecule has 0 amide bonds. The summed E-state index contributed by atoms with van der Waals surface area (Å²) in [6.07, 6.45) is 3.65. The number of nitrogens with zero attached hydrogens (tertiary/aromatic N) is 2. The fourth-order valence-electron chi connectivity index (χ4n) is 1.68. The minimum Gasteiger partial charge on any atom is -0.290 e. The molecule has 0 aliphatic heterocycles. The first-order valence-electron chi connectivity index (χ1n) is 5.33. The van der Waals surface area contributed by atoms with Gasteiger partial charge in [-0.3, -0.25) is 4.90 Å². The quantitative estimate of drug-likeness (QED) is 0.566. The molecule has 0 aliphatic carbocycles. The second kappa shape index (κ2) is 8.07. The van der Waals surface area contributed by atoms with Crippen LogP contribution in [0.1, 0.15) is 40.0 Å². The Labute approximate surface area is 82.5 Å². The van der Waals surface area contributed by atoms with Gasteiger partial charge in [0.25, 0.3) is 0 Å². The van der Waals surface area contributed by atoms with Crippen LogP contribution in [0.25, 0.3) is 0 Å². The van der Waals surface area contributed by atoms with Gasteiger partial charge in [0.1, 0.15) is 0 Å². The molecule has 0 heterocycles. The van der Waals surface area contributed by atoms with E-state index in [0.717, 1.165) is 25.4 Å². The highest BCUT2D eigenvalue weighted by Crippen LogP contribution is 2.07. The lowest BCUT2D eigenvalue weighted by Crippen LogP contribution is -2.29. The van der Waals surface area contributed by atoms with Crippen LogP contribution in [0.2, 0.25) is 0 Å². The van der Waals surface area contributed by atoms with Crippen molar-refractivity contribution in [2.24, 2.45) is 5.92 Å². The molecule has 0 saturated carbocycles. The molecule has 0 aliphatic rings. The largest absolute Gasteiger partial charge is 0.290 e. The van der Waals surface area contributed by atoms with Crippen molar-refractivity contribution in [2.45, 2.75) is 40.0 Å². The Morgan fingerprint density at radius 1 is 1.31 bits per heavy atom. The maximum atomic E-state index is 8.61.